The Balaban J connectivity index is 1.38. The molecule has 5 rings (SSSR count). The summed E-state index contributed by atoms with van der Waals surface area (Å²) >= 11 is 0. The molecule has 0 N–H and O–H groups in total. The average Bonchev–Trinajstić information content (AvgIpc) is 3.21. The molecule has 0 saturated heterocycles. The van der Waals surface area contributed by atoms with Crippen molar-refractivity contribution in [1.82, 2.24) is 14.5 Å². The van der Waals surface area contributed by atoms with E-state index < -0.39 is 11.6 Å². The first kappa shape index (κ1) is 19.8. The third kappa shape index (κ3) is 4.05. The molecule has 7 heteroatoms. The molecule has 32 heavy (non-hydrogen) atoms. The van der Waals surface area contributed by atoms with Gasteiger partial charge in [-0.1, -0.05) is 18.2 Å². The quantitative estimate of drug-likeness (QED) is 0.328. The van der Waals surface area contributed by atoms with E-state index >= 15 is 0 Å². The van der Waals surface area contributed by atoms with Crippen molar-refractivity contribution in [3.05, 3.63) is 108 Å². The summed E-state index contributed by atoms with van der Waals surface area (Å²) in [6.45, 7) is 0.535. The summed E-state index contributed by atoms with van der Waals surface area (Å²) in [6, 6.07) is 19.1. The molecule has 3 aromatic carbocycles. The second kappa shape index (κ2) is 8.19. The minimum Gasteiger partial charge on any atom is -0.457 e. The van der Waals surface area contributed by atoms with E-state index in [2.05, 4.69) is 9.97 Å². The maximum atomic E-state index is 14.1. The smallest absolute Gasteiger partial charge is 0.169 e. The lowest BCUT2D eigenvalue weighted by Crippen LogP contribution is -2.01. The maximum absolute atomic E-state index is 14.1. The zero-order chi connectivity index (χ0) is 22.1. The van der Waals surface area contributed by atoms with Crippen LogP contribution in [0.4, 0.5) is 13.2 Å². The largest absolute Gasteiger partial charge is 0.457 e. The summed E-state index contributed by atoms with van der Waals surface area (Å²) in [5.74, 6) is -0.904. The summed E-state index contributed by atoms with van der Waals surface area (Å²) in [6.07, 6.45) is 3.65. The minimum absolute atomic E-state index is 0.0263. The fourth-order valence-electron chi connectivity index (χ4n) is 3.40. The number of imidazole rings is 1. The predicted octanol–water partition coefficient (Wildman–Crippen LogP) is 6.31. The topological polar surface area (TPSA) is 39.9 Å². The van der Waals surface area contributed by atoms with Crippen LogP contribution in [0.15, 0.2) is 85.2 Å². The number of pyridine rings is 1. The first-order valence-corrected chi connectivity index (χ1v) is 9.85. The monoisotopic (exact) mass is 431 g/mol. The van der Waals surface area contributed by atoms with Crippen LogP contribution in [0.3, 0.4) is 0 Å². The van der Waals surface area contributed by atoms with Crippen LogP contribution in [0, 0.1) is 17.5 Å². The Morgan fingerprint density at radius 1 is 0.781 bits per heavy atom. The van der Waals surface area contributed by atoms with Gasteiger partial charge in [-0.15, -0.1) is 0 Å². The van der Waals surface area contributed by atoms with E-state index in [1.807, 2.05) is 35.0 Å². The van der Waals surface area contributed by atoms with Crippen LogP contribution in [-0.4, -0.2) is 14.5 Å². The fourth-order valence-corrected chi connectivity index (χ4v) is 3.40. The number of rotatable bonds is 5. The zero-order valence-corrected chi connectivity index (χ0v) is 16.7. The Labute approximate surface area is 181 Å². The molecule has 2 aliphatic heterocycles. The first-order valence-electron chi connectivity index (χ1n) is 9.85. The van der Waals surface area contributed by atoms with Gasteiger partial charge in [-0.05, 0) is 60.2 Å². The number of fused-ring (bicyclic) bond motifs is 1. The first-order chi connectivity index (χ1) is 15.5. The number of hydrogen-bond donors (Lipinski definition) is 0. The van der Waals surface area contributed by atoms with Crippen LogP contribution in [0.2, 0.25) is 0 Å². The predicted molar refractivity (Wildman–Crippen MR) is 114 cm³/mol. The van der Waals surface area contributed by atoms with Gasteiger partial charge in [-0.2, -0.15) is 0 Å². The highest BCUT2D eigenvalue weighted by atomic mass is 19.2. The molecule has 0 unspecified atom stereocenters. The average molecular weight is 431 g/mol. The van der Waals surface area contributed by atoms with Crippen LogP contribution in [0.25, 0.3) is 22.8 Å². The molecule has 2 aliphatic rings. The normalized spacial score (nSPS) is 11.1. The van der Waals surface area contributed by atoms with E-state index in [9.17, 15) is 13.2 Å². The standard InChI is InChI=1S/C25H16F3N3O/c26-17-7-9-18(10-8-17)32-19-4-1-3-16(13-19)14-31-12-11-22-23(15-31)30-25(29-22)20-5-2-6-21(27)24(20)28/h1-13,15H,14H2. The van der Waals surface area contributed by atoms with Crippen molar-refractivity contribution in [2.45, 2.75) is 6.54 Å². The minimum atomic E-state index is -0.964. The lowest BCUT2D eigenvalue weighted by atomic mass is 10.2. The van der Waals surface area contributed by atoms with Gasteiger partial charge in [-0.25, -0.2) is 23.1 Å². The SMILES string of the molecule is Fc1ccc(Oc2cccc(Cn3ccc4nc(-c5cccc(F)c5F)nc-4c3)c2)cc1. The Kier molecular flexibility index (Phi) is 5.07. The van der Waals surface area contributed by atoms with E-state index in [-0.39, 0.29) is 17.2 Å². The summed E-state index contributed by atoms with van der Waals surface area (Å²) in [5.41, 5.74) is 2.17. The van der Waals surface area contributed by atoms with Crippen LogP contribution in [0.1, 0.15) is 5.56 Å². The van der Waals surface area contributed by atoms with Gasteiger partial charge in [0.05, 0.1) is 11.3 Å². The molecule has 0 saturated carbocycles. The van der Waals surface area contributed by atoms with Gasteiger partial charge in [0, 0.05) is 18.9 Å². The summed E-state index contributed by atoms with van der Waals surface area (Å²) in [7, 11) is 0. The molecule has 158 valence electrons. The fraction of sp³-hybridized carbons (Fsp3) is 0.0400. The molecule has 0 spiro atoms. The van der Waals surface area contributed by atoms with Gasteiger partial charge in [0.25, 0.3) is 0 Å². The molecule has 0 amide bonds. The van der Waals surface area contributed by atoms with E-state index in [0.29, 0.717) is 29.4 Å². The van der Waals surface area contributed by atoms with Gasteiger partial charge >= 0.3 is 0 Å². The number of benzene rings is 3. The molecular formula is C25H16F3N3O. The van der Waals surface area contributed by atoms with Crippen molar-refractivity contribution in [3.63, 3.8) is 0 Å². The summed E-state index contributed by atoms with van der Waals surface area (Å²) < 4.78 is 48.4. The van der Waals surface area contributed by atoms with Gasteiger partial charge < -0.3 is 9.30 Å². The number of nitrogens with zero attached hydrogens (tertiary/aromatic N) is 3. The molecule has 0 aliphatic carbocycles. The molecule has 0 aromatic heterocycles. The number of ether oxygens (including phenoxy) is 1. The Morgan fingerprint density at radius 2 is 1.56 bits per heavy atom. The van der Waals surface area contributed by atoms with E-state index in [1.54, 1.807) is 24.4 Å². The Morgan fingerprint density at radius 3 is 2.41 bits per heavy atom. The van der Waals surface area contributed by atoms with Gasteiger partial charge in [-0.3, -0.25) is 0 Å². The summed E-state index contributed by atoms with van der Waals surface area (Å²) in [5, 5.41) is 0. The van der Waals surface area contributed by atoms with E-state index in [4.69, 9.17) is 4.74 Å². The highest BCUT2D eigenvalue weighted by Gasteiger charge is 2.17. The second-order valence-corrected chi connectivity index (χ2v) is 7.24. The summed E-state index contributed by atoms with van der Waals surface area (Å²) in [4.78, 5) is 8.70. The third-order valence-corrected chi connectivity index (χ3v) is 4.93. The highest BCUT2D eigenvalue weighted by molar-refractivity contribution is 5.66. The lowest BCUT2D eigenvalue weighted by Gasteiger charge is -2.10. The van der Waals surface area contributed by atoms with Crippen molar-refractivity contribution in [2.75, 3.05) is 0 Å². The number of aromatic nitrogens is 3. The van der Waals surface area contributed by atoms with Crippen LogP contribution >= 0.6 is 0 Å². The lowest BCUT2D eigenvalue weighted by molar-refractivity contribution is 0.479. The van der Waals surface area contributed by atoms with Crippen molar-refractivity contribution < 1.29 is 17.9 Å². The molecule has 2 heterocycles. The molecular weight excluding hydrogens is 415 g/mol. The van der Waals surface area contributed by atoms with Gasteiger partial charge in [0.2, 0.25) is 0 Å². The molecule has 0 fully saturated rings. The Hall–Kier alpha value is -4.13. The van der Waals surface area contributed by atoms with Crippen molar-refractivity contribution in [1.29, 1.82) is 0 Å². The second-order valence-electron chi connectivity index (χ2n) is 7.24. The number of hydrogen-bond acceptors (Lipinski definition) is 3. The number of halogens is 3. The highest BCUT2D eigenvalue weighted by Crippen LogP contribution is 2.28. The van der Waals surface area contributed by atoms with Gasteiger partial charge in [0.1, 0.15) is 23.0 Å². The van der Waals surface area contributed by atoms with Crippen molar-refractivity contribution in [2.24, 2.45) is 0 Å². The molecule has 3 aromatic rings. The van der Waals surface area contributed by atoms with Crippen LogP contribution in [0.5, 0.6) is 11.5 Å². The van der Waals surface area contributed by atoms with Gasteiger partial charge in [0.15, 0.2) is 17.5 Å². The zero-order valence-electron chi connectivity index (χ0n) is 16.7. The maximum Gasteiger partial charge on any atom is 0.169 e. The molecule has 0 radical (unpaired) electrons. The van der Waals surface area contributed by atoms with Crippen molar-refractivity contribution in [3.8, 4) is 34.3 Å². The van der Waals surface area contributed by atoms with Crippen LogP contribution < -0.4 is 4.74 Å². The van der Waals surface area contributed by atoms with E-state index in [1.165, 1.54) is 24.3 Å². The molecule has 0 atom stereocenters. The molecule has 4 nitrogen and oxygen atoms in total. The van der Waals surface area contributed by atoms with E-state index in [0.717, 1.165) is 11.6 Å². The molecule has 0 bridgehead atoms. The van der Waals surface area contributed by atoms with Crippen LogP contribution in [-0.2, 0) is 6.54 Å². The third-order valence-electron chi connectivity index (χ3n) is 4.93. The van der Waals surface area contributed by atoms with Crippen molar-refractivity contribution >= 4 is 0 Å². The Bertz CT molecular complexity index is 1370.